The Balaban J connectivity index is 1.93. The third-order valence-corrected chi connectivity index (χ3v) is 5.34. The van der Waals surface area contributed by atoms with E-state index in [9.17, 15) is 4.79 Å². The van der Waals surface area contributed by atoms with Gasteiger partial charge in [-0.3, -0.25) is 9.69 Å². The van der Waals surface area contributed by atoms with Gasteiger partial charge in [0.15, 0.2) is 17.2 Å². The standard InChI is InChI=1S/C22H22N4O4S/c1-5-29-18-12-14(10-11-17(18)28-3)21-26(13(2)27)16-9-7-6-8-15(16)19-20(30-21)23-22(31-4)25-24-19/h6-12,21H,5H2,1-4H3. The Kier molecular flexibility index (Phi) is 5.94. The highest BCUT2D eigenvalue weighted by atomic mass is 32.2. The highest BCUT2D eigenvalue weighted by Gasteiger charge is 2.35. The molecular formula is C22H22N4O4S. The van der Waals surface area contributed by atoms with E-state index in [-0.39, 0.29) is 5.91 Å². The molecule has 160 valence electrons. The summed E-state index contributed by atoms with van der Waals surface area (Å²) in [5, 5.41) is 8.99. The number of ether oxygens (including phenoxy) is 3. The van der Waals surface area contributed by atoms with Crippen LogP contribution in [0.4, 0.5) is 5.69 Å². The average Bonchev–Trinajstić information content (AvgIpc) is 2.93. The average molecular weight is 439 g/mol. The normalized spacial score (nSPS) is 14.7. The smallest absolute Gasteiger partial charge is 0.247 e. The number of anilines is 1. The number of para-hydroxylation sites is 1. The van der Waals surface area contributed by atoms with Crippen LogP contribution in [-0.2, 0) is 4.79 Å². The van der Waals surface area contributed by atoms with Crippen LogP contribution in [0.15, 0.2) is 47.6 Å². The topological polar surface area (TPSA) is 86.7 Å². The third kappa shape index (κ3) is 3.88. The van der Waals surface area contributed by atoms with E-state index < -0.39 is 6.23 Å². The fourth-order valence-electron chi connectivity index (χ4n) is 3.47. The van der Waals surface area contributed by atoms with Crippen LogP contribution >= 0.6 is 11.8 Å². The van der Waals surface area contributed by atoms with Gasteiger partial charge in [0.25, 0.3) is 0 Å². The van der Waals surface area contributed by atoms with E-state index in [2.05, 4.69) is 15.2 Å². The Labute approximate surface area is 184 Å². The molecule has 31 heavy (non-hydrogen) atoms. The molecule has 0 saturated carbocycles. The molecule has 0 N–H and O–H groups in total. The van der Waals surface area contributed by atoms with Gasteiger partial charge in [-0.05, 0) is 37.4 Å². The molecule has 1 aliphatic heterocycles. The summed E-state index contributed by atoms with van der Waals surface area (Å²) in [6.07, 6.45) is 1.09. The number of amides is 1. The van der Waals surface area contributed by atoms with Crippen molar-refractivity contribution in [1.82, 2.24) is 15.2 Å². The SMILES string of the molecule is CCOc1cc(C2Oc3nc(SC)nnc3-c3ccccc3N2C(C)=O)ccc1OC. The fraction of sp³-hybridized carbons (Fsp3) is 0.273. The number of benzene rings is 2. The van der Waals surface area contributed by atoms with Crippen LogP contribution in [0.1, 0.15) is 25.6 Å². The number of carbonyl (C=O) groups is 1. The summed E-state index contributed by atoms with van der Waals surface area (Å²) in [7, 11) is 1.58. The number of carbonyl (C=O) groups excluding carboxylic acids is 1. The second kappa shape index (κ2) is 8.81. The first-order chi connectivity index (χ1) is 15.1. The van der Waals surface area contributed by atoms with Crippen molar-refractivity contribution in [3.63, 3.8) is 0 Å². The molecule has 0 spiro atoms. The first-order valence-electron chi connectivity index (χ1n) is 9.72. The van der Waals surface area contributed by atoms with Crippen LogP contribution in [-0.4, -0.2) is 41.1 Å². The maximum atomic E-state index is 12.8. The van der Waals surface area contributed by atoms with Crippen molar-refractivity contribution >= 4 is 23.4 Å². The van der Waals surface area contributed by atoms with Gasteiger partial charge in [-0.1, -0.05) is 30.0 Å². The number of nitrogens with zero attached hydrogens (tertiary/aromatic N) is 4. The zero-order chi connectivity index (χ0) is 22.0. The second-order valence-corrected chi connectivity index (χ2v) is 7.45. The highest BCUT2D eigenvalue weighted by Crippen LogP contribution is 2.44. The summed E-state index contributed by atoms with van der Waals surface area (Å²) < 4.78 is 17.5. The highest BCUT2D eigenvalue weighted by molar-refractivity contribution is 7.98. The van der Waals surface area contributed by atoms with E-state index >= 15 is 0 Å². The van der Waals surface area contributed by atoms with Crippen molar-refractivity contribution in [1.29, 1.82) is 0 Å². The Bertz CT molecular complexity index is 1120. The summed E-state index contributed by atoms with van der Waals surface area (Å²) in [4.78, 5) is 19.0. The first kappa shape index (κ1) is 20.9. The molecule has 0 fully saturated rings. The molecular weight excluding hydrogens is 416 g/mol. The number of rotatable bonds is 5. The lowest BCUT2D eigenvalue weighted by Crippen LogP contribution is -2.36. The van der Waals surface area contributed by atoms with Crippen molar-refractivity contribution in [2.24, 2.45) is 0 Å². The lowest BCUT2D eigenvalue weighted by Gasteiger charge is -2.30. The predicted molar refractivity (Wildman–Crippen MR) is 118 cm³/mol. The molecule has 1 amide bonds. The molecule has 0 bridgehead atoms. The number of hydrogen-bond acceptors (Lipinski definition) is 8. The van der Waals surface area contributed by atoms with Crippen LogP contribution in [0.2, 0.25) is 0 Å². The number of methoxy groups -OCH3 is 1. The molecule has 1 atom stereocenters. The molecule has 1 unspecified atom stereocenters. The first-order valence-corrected chi connectivity index (χ1v) is 10.9. The maximum absolute atomic E-state index is 12.8. The van der Waals surface area contributed by atoms with Crippen LogP contribution < -0.4 is 19.1 Å². The molecule has 2 heterocycles. The van der Waals surface area contributed by atoms with E-state index in [1.807, 2.05) is 49.6 Å². The molecule has 0 radical (unpaired) electrons. The minimum atomic E-state index is -0.781. The minimum Gasteiger partial charge on any atom is -0.493 e. The van der Waals surface area contributed by atoms with Gasteiger partial charge in [0.1, 0.15) is 0 Å². The lowest BCUT2D eigenvalue weighted by molar-refractivity contribution is -0.118. The van der Waals surface area contributed by atoms with Gasteiger partial charge >= 0.3 is 0 Å². The second-order valence-electron chi connectivity index (χ2n) is 6.67. The summed E-state index contributed by atoms with van der Waals surface area (Å²) in [6, 6.07) is 13.0. The van der Waals surface area contributed by atoms with Crippen molar-refractivity contribution < 1.29 is 19.0 Å². The van der Waals surface area contributed by atoms with Crippen molar-refractivity contribution in [2.45, 2.75) is 25.2 Å². The van der Waals surface area contributed by atoms with E-state index in [4.69, 9.17) is 14.2 Å². The van der Waals surface area contributed by atoms with Crippen molar-refractivity contribution in [3.8, 4) is 28.6 Å². The Morgan fingerprint density at radius 2 is 2.00 bits per heavy atom. The molecule has 4 rings (SSSR count). The largest absolute Gasteiger partial charge is 0.493 e. The zero-order valence-corrected chi connectivity index (χ0v) is 18.5. The summed E-state index contributed by atoms with van der Waals surface area (Å²) in [6.45, 7) is 3.87. The molecule has 9 heteroatoms. The quantitative estimate of drug-likeness (QED) is 0.550. The monoisotopic (exact) mass is 438 g/mol. The molecule has 0 aliphatic carbocycles. The van der Waals surface area contributed by atoms with Gasteiger partial charge in [-0.15, -0.1) is 10.2 Å². The maximum Gasteiger partial charge on any atom is 0.247 e. The number of thioether (sulfide) groups is 1. The van der Waals surface area contributed by atoms with E-state index in [0.29, 0.717) is 46.1 Å². The van der Waals surface area contributed by atoms with Gasteiger partial charge in [-0.25, -0.2) is 0 Å². The number of aromatic nitrogens is 3. The molecule has 0 saturated heterocycles. The van der Waals surface area contributed by atoms with Crippen LogP contribution in [0.5, 0.6) is 17.4 Å². The van der Waals surface area contributed by atoms with E-state index in [1.165, 1.54) is 18.7 Å². The van der Waals surface area contributed by atoms with Gasteiger partial charge in [0, 0.05) is 18.1 Å². The Morgan fingerprint density at radius 3 is 2.71 bits per heavy atom. The summed E-state index contributed by atoms with van der Waals surface area (Å²) in [5.41, 5.74) is 2.59. The van der Waals surface area contributed by atoms with Gasteiger partial charge < -0.3 is 14.2 Å². The fourth-order valence-corrected chi connectivity index (χ4v) is 3.77. The molecule has 1 aliphatic rings. The minimum absolute atomic E-state index is 0.183. The van der Waals surface area contributed by atoms with Gasteiger partial charge in [0.2, 0.25) is 23.2 Å². The third-order valence-electron chi connectivity index (χ3n) is 4.81. The Hall–Kier alpha value is -3.33. The van der Waals surface area contributed by atoms with Gasteiger partial charge in [-0.2, -0.15) is 4.98 Å². The van der Waals surface area contributed by atoms with Gasteiger partial charge in [0.05, 0.1) is 19.4 Å². The Morgan fingerprint density at radius 1 is 1.19 bits per heavy atom. The van der Waals surface area contributed by atoms with E-state index in [0.717, 1.165) is 5.56 Å². The number of hydrogen-bond donors (Lipinski definition) is 0. The van der Waals surface area contributed by atoms with Crippen LogP contribution in [0.25, 0.3) is 11.3 Å². The molecule has 1 aromatic heterocycles. The summed E-state index contributed by atoms with van der Waals surface area (Å²) in [5.74, 6) is 1.30. The van der Waals surface area contributed by atoms with Crippen molar-refractivity contribution in [3.05, 3.63) is 48.0 Å². The van der Waals surface area contributed by atoms with Crippen LogP contribution in [0.3, 0.4) is 0 Å². The molecule has 8 nitrogen and oxygen atoms in total. The molecule has 3 aromatic rings. The molecule has 2 aromatic carbocycles. The predicted octanol–water partition coefficient (Wildman–Crippen LogP) is 4.11. The number of fused-ring (bicyclic) bond motifs is 3. The summed E-state index contributed by atoms with van der Waals surface area (Å²) >= 11 is 1.37. The van der Waals surface area contributed by atoms with Crippen molar-refractivity contribution in [2.75, 3.05) is 24.9 Å². The van der Waals surface area contributed by atoms with E-state index in [1.54, 1.807) is 18.1 Å². The lowest BCUT2D eigenvalue weighted by atomic mass is 10.1. The zero-order valence-electron chi connectivity index (χ0n) is 17.7. The van der Waals surface area contributed by atoms with Crippen LogP contribution in [0, 0.1) is 0 Å².